The molecule has 0 radical (unpaired) electrons. The Morgan fingerprint density at radius 3 is 2.10 bits per heavy atom. The zero-order chi connectivity index (χ0) is 15.4. The molecule has 112 valence electrons. The lowest BCUT2D eigenvalue weighted by Crippen LogP contribution is -2.03. The molecule has 0 aliphatic rings. The average molecular weight is 290 g/mol. The first-order valence-electron chi connectivity index (χ1n) is 7.12. The molecule has 0 fully saturated rings. The zero-order valence-corrected chi connectivity index (χ0v) is 12.3. The Labute approximate surface area is 124 Å². The Kier molecular flexibility index (Phi) is 5.07. The van der Waals surface area contributed by atoms with Gasteiger partial charge in [-0.05, 0) is 28.7 Å². The van der Waals surface area contributed by atoms with Crippen LogP contribution in [0.2, 0.25) is 0 Å². The summed E-state index contributed by atoms with van der Waals surface area (Å²) in [4.78, 5) is 0. The van der Waals surface area contributed by atoms with Gasteiger partial charge >= 0.3 is 0 Å². The minimum absolute atomic E-state index is 0.0540. The lowest BCUT2D eigenvalue weighted by Gasteiger charge is -2.13. The van der Waals surface area contributed by atoms with Crippen LogP contribution in [0.3, 0.4) is 0 Å². The predicted molar refractivity (Wildman–Crippen MR) is 80.6 cm³/mol. The molecule has 2 aromatic rings. The molecule has 0 bridgehead atoms. The molecule has 0 aromatic heterocycles. The highest BCUT2D eigenvalue weighted by Gasteiger charge is 2.13. The van der Waals surface area contributed by atoms with E-state index in [1.54, 1.807) is 12.1 Å². The quantitative estimate of drug-likeness (QED) is 0.819. The van der Waals surface area contributed by atoms with Crippen LogP contribution in [0.5, 0.6) is 0 Å². The summed E-state index contributed by atoms with van der Waals surface area (Å²) in [7, 11) is 0. The molecule has 0 aliphatic carbocycles. The second-order valence-corrected chi connectivity index (χ2v) is 5.59. The third-order valence-corrected chi connectivity index (χ3v) is 3.62. The molecule has 1 atom stereocenters. The highest BCUT2D eigenvalue weighted by molar-refractivity contribution is 5.29. The summed E-state index contributed by atoms with van der Waals surface area (Å²) in [6, 6.07) is 14.0. The van der Waals surface area contributed by atoms with Gasteiger partial charge in [-0.2, -0.15) is 0 Å². The fourth-order valence-corrected chi connectivity index (χ4v) is 2.28. The lowest BCUT2D eigenvalue weighted by atomic mass is 9.97. The van der Waals surface area contributed by atoms with Gasteiger partial charge in [0.2, 0.25) is 0 Å². The van der Waals surface area contributed by atoms with Gasteiger partial charge in [-0.3, -0.25) is 0 Å². The minimum Gasteiger partial charge on any atom is -0.388 e. The smallest absolute Gasteiger partial charge is 0.263 e. The largest absolute Gasteiger partial charge is 0.388 e. The van der Waals surface area contributed by atoms with Gasteiger partial charge in [-0.1, -0.05) is 56.3 Å². The van der Waals surface area contributed by atoms with Crippen LogP contribution >= 0.6 is 0 Å². The summed E-state index contributed by atoms with van der Waals surface area (Å²) in [5.74, 6) is 0.465. The van der Waals surface area contributed by atoms with Crippen molar-refractivity contribution in [3.05, 3.63) is 70.8 Å². The van der Waals surface area contributed by atoms with Crippen LogP contribution in [0.4, 0.5) is 8.78 Å². The third kappa shape index (κ3) is 4.11. The zero-order valence-electron chi connectivity index (χ0n) is 12.3. The van der Waals surface area contributed by atoms with Crippen LogP contribution in [0.25, 0.3) is 0 Å². The van der Waals surface area contributed by atoms with Crippen molar-refractivity contribution in [2.75, 3.05) is 0 Å². The van der Waals surface area contributed by atoms with Crippen molar-refractivity contribution in [1.29, 1.82) is 0 Å². The van der Waals surface area contributed by atoms with Crippen LogP contribution in [-0.2, 0) is 6.42 Å². The monoisotopic (exact) mass is 290 g/mol. The maximum absolute atomic E-state index is 12.7. The van der Waals surface area contributed by atoms with Gasteiger partial charge in [0.15, 0.2) is 0 Å². The van der Waals surface area contributed by atoms with E-state index in [1.165, 1.54) is 17.7 Å². The van der Waals surface area contributed by atoms with Crippen molar-refractivity contribution in [1.82, 2.24) is 0 Å². The summed E-state index contributed by atoms with van der Waals surface area (Å²) in [6.45, 7) is 4.25. The molecule has 1 unspecified atom stereocenters. The molecular weight excluding hydrogens is 270 g/mol. The van der Waals surface area contributed by atoms with E-state index in [4.69, 9.17) is 0 Å². The van der Waals surface area contributed by atoms with Crippen LogP contribution in [0.1, 0.15) is 54.5 Å². The van der Waals surface area contributed by atoms with E-state index in [-0.39, 0.29) is 5.56 Å². The normalized spacial score (nSPS) is 12.9. The maximum Gasteiger partial charge on any atom is 0.263 e. The number of aliphatic hydroxyl groups is 1. The highest BCUT2D eigenvalue weighted by atomic mass is 19.3. The molecule has 0 saturated heterocycles. The number of aliphatic hydroxyl groups excluding tert-OH is 1. The van der Waals surface area contributed by atoms with E-state index in [1.807, 2.05) is 24.3 Å². The minimum atomic E-state index is -2.51. The molecule has 3 heteroatoms. The number of rotatable bonds is 5. The van der Waals surface area contributed by atoms with Crippen molar-refractivity contribution < 1.29 is 13.9 Å². The predicted octanol–water partition coefficient (Wildman–Crippen LogP) is 5.02. The summed E-state index contributed by atoms with van der Waals surface area (Å²) in [5.41, 5.74) is 2.71. The number of hydrogen-bond acceptors (Lipinski definition) is 1. The van der Waals surface area contributed by atoms with E-state index in [9.17, 15) is 13.9 Å². The molecule has 2 aromatic carbocycles. The molecule has 0 spiro atoms. The molecule has 21 heavy (non-hydrogen) atoms. The first-order chi connectivity index (χ1) is 9.97. The topological polar surface area (TPSA) is 20.2 Å². The summed E-state index contributed by atoms with van der Waals surface area (Å²) >= 11 is 0. The van der Waals surface area contributed by atoms with E-state index >= 15 is 0 Å². The molecule has 2 rings (SSSR count). The second kappa shape index (κ2) is 6.81. The lowest BCUT2D eigenvalue weighted by molar-refractivity contribution is 0.149. The highest BCUT2D eigenvalue weighted by Crippen LogP contribution is 2.25. The van der Waals surface area contributed by atoms with Gasteiger partial charge in [-0.15, -0.1) is 0 Å². The number of alkyl halides is 2. The van der Waals surface area contributed by atoms with Gasteiger partial charge in [0, 0.05) is 12.0 Å². The number of hydrogen-bond donors (Lipinski definition) is 1. The van der Waals surface area contributed by atoms with Crippen molar-refractivity contribution in [2.24, 2.45) is 0 Å². The van der Waals surface area contributed by atoms with Gasteiger partial charge in [0.1, 0.15) is 0 Å². The number of halogens is 2. The van der Waals surface area contributed by atoms with Gasteiger partial charge < -0.3 is 5.11 Å². The van der Waals surface area contributed by atoms with Crippen molar-refractivity contribution in [2.45, 2.75) is 38.7 Å². The van der Waals surface area contributed by atoms with Gasteiger partial charge in [0.05, 0.1) is 6.10 Å². The van der Waals surface area contributed by atoms with Gasteiger partial charge in [-0.25, -0.2) is 8.78 Å². The van der Waals surface area contributed by atoms with Crippen LogP contribution in [-0.4, -0.2) is 5.11 Å². The van der Waals surface area contributed by atoms with E-state index in [2.05, 4.69) is 13.8 Å². The van der Waals surface area contributed by atoms with E-state index < -0.39 is 12.5 Å². The Balaban J connectivity index is 2.10. The Morgan fingerprint density at radius 1 is 0.905 bits per heavy atom. The van der Waals surface area contributed by atoms with Crippen molar-refractivity contribution in [3.8, 4) is 0 Å². The first-order valence-corrected chi connectivity index (χ1v) is 7.12. The maximum atomic E-state index is 12.7. The average Bonchev–Trinajstić information content (AvgIpc) is 2.48. The fraction of sp³-hybridized carbons (Fsp3) is 0.333. The molecule has 0 saturated carbocycles. The summed E-state index contributed by atoms with van der Waals surface area (Å²) in [6.07, 6.45) is -2.86. The summed E-state index contributed by atoms with van der Waals surface area (Å²) < 4.78 is 25.4. The second-order valence-electron chi connectivity index (χ2n) is 5.59. The van der Waals surface area contributed by atoms with Crippen LogP contribution in [0.15, 0.2) is 48.5 Å². The van der Waals surface area contributed by atoms with Crippen LogP contribution in [0, 0.1) is 0 Å². The van der Waals surface area contributed by atoms with E-state index in [0.717, 1.165) is 5.56 Å². The van der Waals surface area contributed by atoms with Crippen molar-refractivity contribution in [3.63, 3.8) is 0 Å². The number of benzene rings is 2. The molecule has 0 aliphatic heterocycles. The fourth-order valence-electron chi connectivity index (χ4n) is 2.28. The Bertz CT molecular complexity index is 576. The first kappa shape index (κ1) is 15.6. The summed E-state index contributed by atoms with van der Waals surface area (Å²) in [5, 5.41) is 10.2. The molecule has 1 N–H and O–H groups in total. The molecule has 1 nitrogen and oxygen atoms in total. The van der Waals surface area contributed by atoms with Crippen LogP contribution < -0.4 is 0 Å². The third-order valence-electron chi connectivity index (χ3n) is 3.62. The standard InChI is InChI=1S/C18H20F2O/c1-12(2)14-8-6-13(7-9-14)10-17(21)15-4-3-5-16(11-15)18(19)20/h3-9,11-12,17-18,21H,10H2,1-2H3. The Morgan fingerprint density at radius 2 is 1.52 bits per heavy atom. The molecule has 0 heterocycles. The Hall–Kier alpha value is -1.74. The molecular formula is C18H20F2O. The SMILES string of the molecule is CC(C)c1ccc(CC(O)c2cccc(C(F)F)c2)cc1. The van der Waals surface area contributed by atoms with E-state index in [0.29, 0.717) is 17.9 Å². The molecule has 0 amide bonds. The van der Waals surface area contributed by atoms with Gasteiger partial charge in [0.25, 0.3) is 6.43 Å². The van der Waals surface area contributed by atoms with Crippen molar-refractivity contribution >= 4 is 0 Å².